The molecule has 0 fully saturated rings. The molecule has 0 aliphatic rings. The van der Waals surface area contributed by atoms with Gasteiger partial charge < -0.3 is 5.32 Å². The van der Waals surface area contributed by atoms with Gasteiger partial charge in [-0.15, -0.1) is 0 Å². The molecule has 0 amide bonds. The highest BCUT2D eigenvalue weighted by Crippen LogP contribution is 2.25. The minimum atomic E-state index is 0.648. The van der Waals surface area contributed by atoms with Crippen LogP contribution in [-0.4, -0.2) is 26.3 Å². The van der Waals surface area contributed by atoms with Gasteiger partial charge in [0, 0.05) is 19.8 Å². The Balaban J connectivity index is 2.40. The van der Waals surface area contributed by atoms with Crippen molar-refractivity contribution < 1.29 is 0 Å². The molecule has 0 radical (unpaired) electrons. The molecule has 0 aliphatic heterocycles. The molecule has 0 aromatic carbocycles. The number of halogens is 1. The lowest BCUT2D eigenvalue weighted by molar-refractivity contribution is 0.768. The largest absolute Gasteiger partial charge is 0.369 e. The third kappa shape index (κ3) is 2.69. The van der Waals surface area contributed by atoms with Crippen LogP contribution in [0.2, 0.25) is 0 Å². The first-order valence-electron chi connectivity index (χ1n) is 5.90. The second-order valence-corrected chi connectivity index (χ2v) is 4.89. The van der Waals surface area contributed by atoms with Crippen LogP contribution >= 0.6 is 15.9 Å². The highest BCUT2D eigenvalue weighted by Gasteiger charge is 2.12. The molecule has 2 aromatic heterocycles. The fourth-order valence-electron chi connectivity index (χ4n) is 1.57. The van der Waals surface area contributed by atoms with Gasteiger partial charge in [0.2, 0.25) is 0 Å². The number of nitrogens with zero attached hydrogens (tertiary/aromatic N) is 4. The summed E-state index contributed by atoms with van der Waals surface area (Å²) in [4.78, 5) is 8.96. The summed E-state index contributed by atoms with van der Waals surface area (Å²) in [5.74, 6) is 1.47. The molecule has 2 heterocycles. The molecule has 0 unspecified atom stereocenters. The number of hydrogen-bond acceptors (Lipinski definition) is 4. The van der Waals surface area contributed by atoms with Crippen molar-refractivity contribution in [1.82, 2.24) is 19.7 Å². The Morgan fingerprint density at radius 1 is 1.39 bits per heavy atom. The summed E-state index contributed by atoms with van der Waals surface area (Å²) in [6.07, 6.45) is 2.93. The molecular weight excluding hydrogens is 294 g/mol. The fraction of sp³-hybridized carbons (Fsp3) is 0.417. The molecule has 0 aliphatic carbocycles. The summed E-state index contributed by atoms with van der Waals surface area (Å²) in [7, 11) is 1.88. The molecule has 0 bridgehead atoms. The zero-order valence-electron chi connectivity index (χ0n) is 10.7. The van der Waals surface area contributed by atoms with E-state index < -0.39 is 0 Å². The van der Waals surface area contributed by atoms with Crippen molar-refractivity contribution in [2.24, 2.45) is 7.05 Å². The number of nitrogens with one attached hydrogen (secondary N) is 1. The fourth-order valence-corrected chi connectivity index (χ4v) is 1.89. The molecule has 96 valence electrons. The SMILES string of the molecule is CCCNc1nc(-c2ccn(C)n2)nc(C)c1Br. The summed E-state index contributed by atoms with van der Waals surface area (Å²) in [6.45, 7) is 4.96. The molecule has 0 saturated carbocycles. The van der Waals surface area contributed by atoms with Crippen LogP contribution in [0.4, 0.5) is 5.82 Å². The zero-order valence-corrected chi connectivity index (χ0v) is 12.3. The van der Waals surface area contributed by atoms with Crippen LogP contribution in [0.5, 0.6) is 0 Å². The van der Waals surface area contributed by atoms with Crippen LogP contribution in [0.3, 0.4) is 0 Å². The second kappa shape index (κ2) is 5.48. The Kier molecular flexibility index (Phi) is 3.96. The maximum absolute atomic E-state index is 4.51. The van der Waals surface area contributed by atoms with Crippen LogP contribution < -0.4 is 5.32 Å². The van der Waals surface area contributed by atoms with Crippen molar-refractivity contribution >= 4 is 21.7 Å². The van der Waals surface area contributed by atoms with Crippen molar-refractivity contribution in [3.63, 3.8) is 0 Å². The Bertz CT molecular complexity index is 549. The summed E-state index contributed by atoms with van der Waals surface area (Å²) in [5.41, 5.74) is 1.69. The molecule has 0 atom stereocenters. The first-order chi connectivity index (χ1) is 8.61. The van der Waals surface area contributed by atoms with Gasteiger partial charge in [0.05, 0.1) is 10.2 Å². The lowest BCUT2D eigenvalue weighted by Gasteiger charge is -2.09. The number of anilines is 1. The lowest BCUT2D eigenvalue weighted by atomic mass is 10.3. The topological polar surface area (TPSA) is 55.6 Å². The molecule has 18 heavy (non-hydrogen) atoms. The van der Waals surface area contributed by atoms with E-state index in [1.807, 2.05) is 26.2 Å². The van der Waals surface area contributed by atoms with Crippen molar-refractivity contribution in [2.45, 2.75) is 20.3 Å². The third-order valence-electron chi connectivity index (χ3n) is 2.50. The van der Waals surface area contributed by atoms with E-state index in [9.17, 15) is 0 Å². The van der Waals surface area contributed by atoms with E-state index in [1.54, 1.807) is 4.68 Å². The predicted molar refractivity (Wildman–Crippen MR) is 75.5 cm³/mol. The van der Waals surface area contributed by atoms with E-state index in [1.165, 1.54) is 0 Å². The molecule has 6 heteroatoms. The van der Waals surface area contributed by atoms with Crippen molar-refractivity contribution in [2.75, 3.05) is 11.9 Å². The van der Waals surface area contributed by atoms with Gasteiger partial charge in [-0.3, -0.25) is 4.68 Å². The highest BCUT2D eigenvalue weighted by molar-refractivity contribution is 9.10. The van der Waals surface area contributed by atoms with Crippen molar-refractivity contribution in [3.8, 4) is 11.5 Å². The molecule has 0 spiro atoms. The normalized spacial score (nSPS) is 10.7. The minimum absolute atomic E-state index is 0.648. The number of hydrogen-bond donors (Lipinski definition) is 1. The number of aromatic nitrogens is 4. The summed E-state index contributed by atoms with van der Waals surface area (Å²) in [6, 6.07) is 1.91. The van der Waals surface area contributed by atoms with Gasteiger partial charge in [-0.25, -0.2) is 9.97 Å². The van der Waals surface area contributed by atoms with E-state index in [0.29, 0.717) is 5.82 Å². The van der Waals surface area contributed by atoms with Gasteiger partial charge in [0.1, 0.15) is 11.5 Å². The summed E-state index contributed by atoms with van der Waals surface area (Å²) >= 11 is 3.51. The lowest BCUT2D eigenvalue weighted by Crippen LogP contribution is -2.06. The van der Waals surface area contributed by atoms with Crippen molar-refractivity contribution in [3.05, 3.63) is 22.4 Å². The predicted octanol–water partition coefficient (Wildman–Crippen LogP) is 2.77. The molecule has 2 rings (SSSR count). The average molecular weight is 310 g/mol. The van der Waals surface area contributed by atoms with E-state index in [0.717, 1.165) is 34.6 Å². The minimum Gasteiger partial charge on any atom is -0.369 e. The zero-order chi connectivity index (χ0) is 13.1. The van der Waals surface area contributed by atoms with E-state index in [-0.39, 0.29) is 0 Å². The maximum atomic E-state index is 4.51. The highest BCUT2D eigenvalue weighted by atomic mass is 79.9. The Hall–Kier alpha value is -1.43. The van der Waals surface area contributed by atoms with Gasteiger partial charge in [0.25, 0.3) is 0 Å². The van der Waals surface area contributed by atoms with Crippen LogP contribution in [0.15, 0.2) is 16.7 Å². The van der Waals surface area contributed by atoms with Gasteiger partial charge in [-0.2, -0.15) is 5.10 Å². The van der Waals surface area contributed by atoms with Crippen LogP contribution in [0, 0.1) is 6.92 Å². The molecule has 0 saturated heterocycles. The van der Waals surface area contributed by atoms with Gasteiger partial charge in [0.15, 0.2) is 5.82 Å². The average Bonchev–Trinajstić information content (AvgIpc) is 2.77. The van der Waals surface area contributed by atoms with Gasteiger partial charge in [-0.1, -0.05) is 6.92 Å². The standard InChI is InChI=1S/C12H16BrN5/c1-4-6-14-12-10(13)8(2)15-11(16-12)9-5-7-18(3)17-9/h5,7H,4,6H2,1-3H3,(H,14,15,16). The molecule has 2 aromatic rings. The van der Waals surface area contributed by atoms with E-state index in [4.69, 9.17) is 0 Å². The van der Waals surface area contributed by atoms with E-state index >= 15 is 0 Å². The summed E-state index contributed by atoms with van der Waals surface area (Å²) < 4.78 is 2.66. The molecular formula is C12H16BrN5. The van der Waals surface area contributed by atoms with Crippen LogP contribution in [0.1, 0.15) is 19.0 Å². The number of rotatable bonds is 4. The Morgan fingerprint density at radius 2 is 2.17 bits per heavy atom. The Morgan fingerprint density at radius 3 is 2.78 bits per heavy atom. The smallest absolute Gasteiger partial charge is 0.182 e. The first kappa shape index (κ1) is 13.0. The quantitative estimate of drug-likeness (QED) is 0.943. The van der Waals surface area contributed by atoms with Crippen molar-refractivity contribution in [1.29, 1.82) is 0 Å². The van der Waals surface area contributed by atoms with Gasteiger partial charge >= 0.3 is 0 Å². The Labute approximate surface area is 115 Å². The molecule has 1 N–H and O–H groups in total. The second-order valence-electron chi connectivity index (χ2n) is 4.10. The van der Waals surface area contributed by atoms with Crippen LogP contribution in [0.25, 0.3) is 11.5 Å². The maximum Gasteiger partial charge on any atom is 0.182 e. The monoisotopic (exact) mass is 309 g/mol. The van der Waals surface area contributed by atoms with Crippen LogP contribution in [-0.2, 0) is 7.05 Å². The summed E-state index contributed by atoms with van der Waals surface area (Å²) in [5, 5.41) is 7.61. The third-order valence-corrected chi connectivity index (χ3v) is 3.45. The number of aryl methyl sites for hydroxylation is 2. The first-order valence-corrected chi connectivity index (χ1v) is 6.69. The molecule has 5 nitrogen and oxygen atoms in total. The van der Waals surface area contributed by atoms with E-state index in [2.05, 4.69) is 43.2 Å². The van der Waals surface area contributed by atoms with Gasteiger partial charge in [-0.05, 0) is 35.3 Å².